The highest BCUT2D eigenvalue weighted by Gasteiger charge is 2.35. The first-order valence-electron chi connectivity index (χ1n) is 6.12. The molecule has 2 atom stereocenters. The van der Waals surface area contributed by atoms with Gasteiger partial charge in [-0.3, -0.25) is 0 Å². The zero-order chi connectivity index (χ0) is 11.6. The van der Waals surface area contributed by atoms with Gasteiger partial charge in [0.1, 0.15) is 0 Å². The summed E-state index contributed by atoms with van der Waals surface area (Å²) in [5.74, 6) is 0.588. The van der Waals surface area contributed by atoms with E-state index in [0.29, 0.717) is 11.3 Å². The van der Waals surface area contributed by atoms with E-state index >= 15 is 0 Å². The fraction of sp³-hybridized carbons (Fsp3) is 0.571. The summed E-state index contributed by atoms with van der Waals surface area (Å²) in [5, 5.41) is 4.35. The van der Waals surface area contributed by atoms with Crippen molar-refractivity contribution in [2.24, 2.45) is 5.41 Å². The van der Waals surface area contributed by atoms with E-state index < -0.39 is 0 Å². The van der Waals surface area contributed by atoms with Crippen LogP contribution in [0, 0.1) is 5.41 Å². The van der Waals surface area contributed by atoms with Crippen LogP contribution in [0.2, 0.25) is 5.02 Å². The van der Waals surface area contributed by atoms with Crippen LogP contribution in [-0.4, -0.2) is 13.1 Å². The molecular formula is C14H20ClN. The van der Waals surface area contributed by atoms with E-state index in [1.807, 2.05) is 6.07 Å². The Morgan fingerprint density at radius 2 is 2.31 bits per heavy atom. The van der Waals surface area contributed by atoms with Gasteiger partial charge in [0.25, 0.3) is 0 Å². The summed E-state index contributed by atoms with van der Waals surface area (Å²) in [4.78, 5) is 0. The number of nitrogens with one attached hydrogen (secondary N) is 1. The number of hydrogen-bond acceptors (Lipinski definition) is 1. The first-order chi connectivity index (χ1) is 7.65. The van der Waals surface area contributed by atoms with Gasteiger partial charge in [0.15, 0.2) is 0 Å². The zero-order valence-corrected chi connectivity index (χ0v) is 10.8. The van der Waals surface area contributed by atoms with E-state index in [1.54, 1.807) is 0 Å². The molecule has 0 radical (unpaired) electrons. The molecule has 2 unspecified atom stereocenters. The highest BCUT2D eigenvalue weighted by molar-refractivity contribution is 6.30. The number of benzene rings is 1. The molecular weight excluding hydrogens is 218 g/mol. The molecule has 1 aliphatic heterocycles. The Bertz CT molecular complexity index is 364. The van der Waals surface area contributed by atoms with Crippen molar-refractivity contribution >= 4 is 11.6 Å². The normalized spacial score (nSPS) is 30.3. The van der Waals surface area contributed by atoms with Crippen molar-refractivity contribution in [3.8, 4) is 0 Å². The lowest BCUT2D eigenvalue weighted by Crippen LogP contribution is -2.41. The fourth-order valence-corrected chi connectivity index (χ4v) is 2.91. The Kier molecular flexibility index (Phi) is 3.56. The van der Waals surface area contributed by atoms with Gasteiger partial charge in [-0.15, -0.1) is 0 Å². The molecule has 0 aliphatic carbocycles. The standard InChI is InChI=1S/C14H20ClN/c1-3-14(2)7-8-16-10-13(14)11-5-4-6-12(15)9-11/h4-6,9,13,16H,3,7-8,10H2,1-2H3. The third-order valence-corrected chi connectivity index (χ3v) is 4.36. The highest BCUT2D eigenvalue weighted by Crippen LogP contribution is 2.43. The Morgan fingerprint density at radius 1 is 1.50 bits per heavy atom. The van der Waals surface area contributed by atoms with Gasteiger partial charge < -0.3 is 5.32 Å². The fourth-order valence-electron chi connectivity index (χ4n) is 2.71. The van der Waals surface area contributed by atoms with Crippen molar-refractivity contribution < 1.29 is 0 Å². The lowest BCUT2D eigenvalue weighted by atomic mass is 9.68. The second-order valence-electron chi connectivity index (χ2n) is 5.07. The van der Waals surface area contributed by atoms with Crippen molar-refractivity contribution in [1.29, 1.82) is 0 Å². The zero-order valence-electron chi connectivity index (χ0n) is 10.1. The van der Waals surface area contributed by atoms with Crippen molar-refractivity contribution in [1.82, 2.24) is 5.32 Å². The largest absolute Gasteiger partial charge is 0.316 e. The molecule has 0 saturated carbocycles. The van der Waals surface area contributed by atoms with E-state index in [1.165, 1.54) is 18.4 Å². The molecule has 1 aliphatic rings. The maximum Gasteiger partial charge on any atom is 0.0408 e. The molecule has 1 aromatic carbocycles. The lowest BCUT2D eigenvalue weighted by Gasteiger charge is -2.41. The monoisotopic (exact) mass is 237 g/mol. The number of rotatable bonds is 2. The van der Waals surface area contributed by atoms with Crippen LogP contribution in [0.1, 0.15) is 38.2 Å². The van der Waals surface area contributed by atoms with Gasteiger partial charge >= 0.3 is 0 Å². The third-order valence-electron chi connectivity index (χ3n) is 4.12. The molecule has 1 fully saturated rings. The molecule has 1 heterocycles. The SMILES string of the molecule is CCC1(C)CCNCC1c1cccc(Cl)c1. The second-order valence-corrected chi connectivity index (χ2v) is 5.51. The van der Waals surface area contributed by atoms with Crippen molar-refractivity contribution in [3.63, 3.8) is 0 Å². The predicted molar refractivity (Wildman–Crippen MR) is 70.1 cm³/mol. The summed E-state index contributed by atoms with van der Waals surface area (Å²) in [6, 6.07) is 8.33. The van der Waals surface area contributed by atoms with Crippen LogP contribution < -0.4 is 5.32 Å². The van der Waals surface area contributed by atoms with E-state index in [-0.39, 0.29) is 0 Å². The van der Waals surface area contributed by atoms with Crippen LogP contribution in [0.15, 0.2) is 24.3 Å². The van der Waals surface area contributed by atoms with Crippen LogP contribution in [0.5, 0.6) is 0 Å². The molecule has 2 rings (SSSR count). The molecule has 16 heavy (non-hydrogen) atoms. The number of piperidine rings is 1. The maximum absolute atomic E-state index is 6.08. The van der Waals surface area contributed by atoms with Crippen LogP contribution >= 0.6 is 11.6 Å². The van der Waals surface area contributed by atoms with Gasteiger partial charge in [-0.2, -0.15) is 0 Å². The summed E-state index contributed by atoms with van der Waals surface area (Å²) < 4.78 is 0. The molecule has 0 bridgehead atoms. The summed E-state index contributed by atoms with van der Waals surface area (Å²) in [5.41, 5.74) is 1.79. The molecule has 88 valence electrons. The van der Waals surface area contributed by atoms with E-state index in [4.69, 9.17) is 11.6 Å². The van der Waals surface area contributed by atoms with Gasteiger partial charge in [0.2, 0.25) is 0 Å². The van der Waals surface area contributed by atoms with Crippen LogP contribution in [-0.2, 0) is 0 Å². The van der Waals surface area contributed by atoms with Crippen LogP contribution in [0.3, 0.4) is 0 Å². The number of hydrogen-bond donors (Lipinski definition) is 1. The topological polar surface area (TPSA) is 12.0 Å². The van der Waals surface area contributed by atoms with E-state index in [2.05, 4.69) is 37.4 Å². The average molecular weight is 238 g/mol. The molecule has 1 aromatic rings. The van der Waals surface area contributed by atoms with Crippen molar-refractivity contribution in [3.05, 3.63) is 34.9 Å². The quantitative estimate of drug-likeness (QED) is 0.824. The minimum absolute atomic E-state index is 0.413. The summed E-state index contributed by atoms with van der Waals surface area (Å²) >= 11 is 6.08. The highest BCUT2D eigenvalue weighted by atomic mass is 35.5. The predicted octanol–water partition coefficient (Wildman–Crippen LogP) is 3.83. The maximum atomic E-state index is 6.08. The van der Waals surface area contributed by atoms with Gasteiger partial charge in [-0.05, 0) is 36.1 Å². The molecule has 0 spiro atoms. The lowest BCUT2D eigenvalue weighted by molar-refractivity contribution is 0.180. The number of halogens is 1. The van der Waals surface area contributed by atoms with Gasteiger partial charge in [0.05, 0.1) is 0 Å². The first kappa shape index (κ1) is 11.9. The Balaban J connectivity index is 2.30. The third kappa shape index (κ3) is 2.26. The van der Waals surface area contributed by atoms with Gasteiger partial charge in [0, 0.05) is 17.5 Å². The minimum atomic E-state index is 0.413. The molecule has 2 heteroatoms. The van der Waals surface area contributed by atoms with Gasteiger partial charge in [-0.25, -0.2) is 0 Å². The molecule has 1 saturated heterocycles. The molecule has 1 nitrogen and oxygen atoms in total. The molecule has 1 N–H and O–H groups in total. The molecule has 0 aromatic heterocycles. The summed E-state index contributed by atoms with van der Waals surface area (Å²) in [6.07, 6.45) is 2.48. The van der Waals surface area contributed by atoms with Crippen LogP contribution in [0.25, 0.3) is 0 Å². The van der Waals surface area contributed by atoms with E-state index in [9.17, 15) is 0 Å². The second kappa shape index (κ2) is 4.77. The summed E-state index contributed by atoms with van der Waals surface area (Å²) in [7, 11) is 0. The first-order valence-corrected chi connectivity index (χ1v) is 6.50. The average Bonchev–Trinajstić information content (AvgIpc) is 2.29. The Hall–Kier alpha value is -0.530. The summed E-state index contributed by atoms with van der Waals surface area (Å²) in [6.45, 7) is 6.91. The van der Waals surface area contributed by atoms with Crippen molar-refractivity contribution in [2.75, 3.05) is 13.1 Å². The van der Waals surface area contributed by atoms with Crippen LogP contribution in [0.4, 0.5) is 0 Å². The Labute approximate surface area is 103 Å². The molecule has 0 amide bonds. The smallest absolute Gasteiger partial charge is 0.0408 e. The van der Waals surface area contributed by atoms with Gasteiger partial charge in [-0.1, -0.05) is 44.0 Å². The minimum Gasteiger partial charge on any atom is -0.316 e. The van der Waals surface area contributed by atoms with E-state index in [0.717, 1.165) is 18.1 Å². The van der Waals surface area contributed by atoms with Crippen molar-refractivity contribution in [2.45, 2.75) is 32.6 Å². The Morgan fingerprint density at radius 3 is 3.00 bits per heavy atom.